The molecule has 0 spiro atoms. The van der Waals surface area contributed by atoms with Crippen LogP contribution in [0.4, 0.5) is 4.79 Å². The van der Waals surface area contributed by atoms with Crippen molar-refractivity contribution >= 4 is 17.0 Å². The second kappa shape index (κ2) is 5.15. The maximum absolute atomic E-state index is 11.7. The molecule has 4 rings (SSSR count). The minimum absolute atomic E-state index is 0.119. The summed E-state index contributed by atoms with van der Waals surface area (Å²) in [5.74, 6) is 0.622. The zero-order chi connectivity index (χ0) is 14.9. The van der Waals surface area contributed by atoms with Gasteiger partial charge >= 0.3 is 6.09 Å². The zero-order valence-corrected chi connectivity index (χ0v) is 11.8. The monoisotopic (exact) mass is 290 g/mol. The first-order valence-electron chi connectivity index (χ1n) is 7.21. The third kappa shape index (κ3) is 2.29. The predicted octanol–water partition coefficient (Wildman–Crippen LogP) is 3.62. The van der Waals surface area contributed by atoms with E-state index in [0.717, 1.165) is 22.2 Å². The number of hydrogen-bond donors (Lipinski definition) is 1. The third-order valence-electron chi connectivity index (χ3n) is 3.86. The Morgan fingerprint density at radius 2 is 1.82 bits per heavy atom. The molecule has 1 unspecified atom stereocenters. The van der Waals surface area contributed by atoms with Crippen LogP contribution in [0.25, 0.3) is 10.9 Å². The second-order valence-corrected chi connectivity index (χ2v) is 5.32. The fourth-order valence-electron chi connectivity index (χ4n) is 2.80. The van der Waals surface area contributed by atoms with Gasteiger partial charge in [-0.15, -0.1) is 0 Å². The van der Waals surface area contributed by atoms with Gasteiger partial charge in [0.25, 0.3) is 0 Å². The molecule has 0 radical (unpaired) electrons. The molecule has 2 aromatic carbocycles. The highest BCUT2D eigenvalue weighted by molar-refractivity contribution is 5.78. The quantitative estimate of drug-likeness (QED) is 0.784. The summed E-state index contributed by atoms with van der Waals surface area (Å²) >= 11 is 0. The van der Waals surface area contributed by atoms with Crippen LogP contribution in [-0.4, -0.2) is 11.1 Å². The molecule has 0 fully saturated rings. The minimum atomic E-state index is -0.413. The average molecular weight is 290 g/mol. The van der Waals surface area contributed by atoms with E-state index in [1.54, 1.807) is 0 Å². The van der Waals surface area contributed by atoms with Crippen LogP contribution in [0.5, 0.6) is 5.75 Å². The van der Waals surface area contributed by atoms with Crippen LogP contribution >= 0.6 is 0 Å². The van der Waals surface area contributed by atoms with E-state index in [9.17, 15) is 4.79 Å². The topological polar surface area (TPSA) is 51.2 Å². The Balaban J connectivity index is 1.68. The molecule has 1 aromatic heterocycles. The Hall–Kier alpha value is -2.88. The van der Waals surface area contributed by atoms with E-state index >= 15 is 0 Å². The van der Waals surface area contributed by atoms with Gasteiger partial charge in [-0.2, -0.15) is 0 Å². The number of fused-ring (bicyclic) bond motifs is 2. The van der Waals surface area contributed by atoms with Crippen LogP contribution in [0.15, 0.2) is 60.7 Å². The molecule has 0 bridgehead atoms. The van der Waals surface area contributed by atoms with Crippen molar-refractivity contribution in [2.75, 3.05) is 0 Å². The third-order valence-corrected chi connectivity index (χ3v) is 3.86. The van der Waals surface area contributed by atoms with E-state index in [2.05, 4.69) is 16.4 Å². The number of nitrogens with zero attached hydrogens (tertiary/aromatic N) is 1. The number of aromatic nitrogens is 1. The molecule has 1 aliphatic rings. The largest absolute Gasteiger partial charge is 0.413 e. The summed E-state index contributed by atoms with van der Waals surface area (Å²) in [6.45, 7) is 0. The lowest BCUT2D eigenvalue weighted by molar-refractivity contribution is 0.188. The zero-order valence-electron chi connectivity index (χ0n) is 11.8. The first-order valence-corrected chi connectivity index (χ1v) is 7.21. The van der Waals surface area contributed by atoms with E-state index in [1.807, 2.05) is 54.6 Å². The van der Waals surface area contributed by atoms with Crippen molar-refractivity contribution in [2.24, 2.45) is 0 Å². The van der Waals surface area contributed by atoms with Crippen molar-refractivity contribution < 1.29 is 9.53 Å². The van der Waals surface area contributed by atoms with Crippen molar-refractivity contribution in [2.45, 2.75) is 12.5 Å². The lowest BCUT2D eigenvalue weighted by Gasteiger charge is -2.25. The van der Waals surface area contributed by atoms with E-state index in [-0.39, 0.29) is 6.04 Å². The second-order valence-electron chi connectivity index (χ2n) is 5.32. The molecule has 1 aliphatic heterocycles. The number of para-hydroxylation sites is 2. The van der Waals surface area contributed by atoms with Crippen molar-refractivity contribution in [1.82, 2.24) is 10.3 Å². The molecular formula is C18H14N2O2. The molecular weight excluding hydrogens is 276 g/mol. The first-order chi connectivity index (χ1) is 10.8. The summed E-state index contributed by atoms with van der Waals surface area (Å²) in [6.07, 6.45) is 0.223. The Bertz CT molecular complexity index is 860. The van der Waals surface area contributed by atoms with Gasteiger partial charge in [0.15, 0.2) is 0 Å². The van der Waals surface area contributed by atoms with Crippen LogP contribution in [-0.2, 0) is 6.42 Å². The Morgan fingerprint density at radius 1 is 1.00 bits per heavy atom. The molecule has 3 aromatic rings. The van der Waals surface area contributed by atoms with Crippen LogP contribution in [0.2, 0.25) is 0 Å². The maximum Gasteiger partial charge on any atom is 0.413 e. The lowest BCUT2D eigenvalue weighted by atomic mass is 9.99. The number of pyridine rings is 1. The Morgan fingerprint density at radius 3 is 2.77 bits per heavy atom. The number of carbonyl (C=O) groups is 1. The Kier molecular flexibility index (Phi) is 3.00. The Labute approximate surface area is 127 Å². The fraction of sp³-hybridized carbons (Fsp3) is 0.111. The smallest absolute Gasteiger partial charge is 0.410 e. The maximum atomic E-state index is 11.7. The van der Waals surface area contributed by atoms with Crippen molar-refractivity contribution in [3.8, 4) is 5.75 Å². The van der Waals surface area contributed by atoms with E-state index in [4.69, 9.17) is 4.74 Å². The normalized spacial score (nSPS) is 16.7. The molecule has 0 aliphatic carbocycles. The number of amides is 1. The lowest BCUT2D eigenvalue weighted by Crippen LogP contribution is -2.37. The number of nitrogens with one attached hydrogen (secondary N) is 1. The predicted molar refractivity (Wildman–Crippen MR) is 83.8 cm³/mol. The van der Waals surface area contributed by atoms with Gasteiger partial charge in [-0.3, -0.25) is 4.98 Å². The highest BCUT2D eigenvalue weighted by Gasteiger charge is 2.26. The van der Waals surface area contributed by atoms with Gasteiger partial charge in [0, 0.05) is 23.1 Å². The highest BCUT2D eigenvalue weighted by Crippen LogP contribution is 2.31. The summed E-state index contributed by atoms with van der Waals surface area (Å²) < 4.78 is 5.20. The van der Waals surface area contributed by atoms with Crippen LogP contribution in [0.3, 0.4) is 0 Å². The average Bonchev–Trinajstić information content (AvgIpc) is 2.54. The summed E-state index contributed by atoms with van der Waals surface area (Å²) in [5, 5.41) is 3.98. The minimum Gasteiger partial charge on any atom is -0.410 e. The van der Waals surface area contributed by atoms with Gasteiger partial charge in [-0.05, 0) is 18.2 Å². The van der Waals surface area contributed by atoms with Gasteiger partial charge in [-0.1, -0.05) is 42.5 Å². The number of hydrogen-bond acceptors (Lipinski definition) is 3. The first kappa shape index (κ1) is 12.8. The molecule has 1 atom stereocenters. The van der Waals surface area contributed by atoms with Gasteiger partial charge in [0.1, 0.15) is 5.75 Å². The van der Waals surface area contributed by atoms with Crippen molar-refractivity contribution in [3.05, 3.63) is 71.9 Å². The van der Waals surface area contributed by atoms with Crippen LogP contribution in [0, 0.1) is 0 Å². The molecule has 108 valence electrons. The van der Waals surface area contributed by atoms with E-state index < -0.39 is 6.09 Å². The van der Waals surface area contributed by atoms with Crippen LogP contribution in [0.1, 0.15) is 17.3 Å². The van der Waals surface area contributed by atoms with Gasteiger partial charge in [0.05, 0.1) is 11.6 Å². The SMILES string of the molecule is O=C1NC(Cc2ccc3ccccc3n2)c2ccccc2O1. The van der Waals surface area contributed by atoms with E-state index in [0.29, 0.717) is 12.2 Å². The number of benzene rings is 2. The standard InChI is InChI=1S/C18H14N2O2/c21-18-20-16(14-6-2-4-8-17(14)22-18)11-13-10-9-12-5-1-3-7-15(12)19-13/h1-10,16H,11H2,(H,20,21). The molecule has 4 heteroatoms. The molecule has 1 N–H and O–H groups in total. The molecule has 1 amide bonds. The highest BCUT2D eigenvalue weighted by atomic mass is 16.6. The van der Waals surface area contributed by atoms with Crippen molar-refractivity contribution in [3.63, 3.8) is 0 Å². The van der Waals surface area contributed by atoms with E-state index in [1.165, 1.54) is 0 Å². The van der Waals surface area contributed by atoms with Crippen LogP contribution < -0.4 is 10.1 Å². The summed E-state index contributed by atoms with van der Waals surface area (Å²) in [4.78, 5) is 16.4. The molecule has 2 heterocycles. The van der Waals surface area contributed by atoms with Crippen molar-refractivity contribution in [1.29, 1.82) is 0 Å². The number of ether oxygens (including phenoxy) is 1. The summed E-state index contributed by atoms with van der Waals surface area (Å²) in [7, 11) is 0. The molecule has 0 saturated carbocycles. The van der Waals surface area contributed by atoms with Gasteiger partial charge < -0.3 is 10.1 Å². The number of rotatable bonds is 2. The molecule has 22 heavy (non-hydrogen) atoms. The van der Waals surface area contributed by atoms with Gasteiger partial charge in [-0.25, -0.2) is 4.79 Å². The fourth-order valence-corrected chi connectivity index (χ4v) is 2.80. The summed E-state index contributed by atoms with van der Waals surface area (Å²) in [5.41, 5.74) is 2.89. The molecule has 0 saturated heterocycles. The number of carbonyl (C=O) groups excluding carboxylic acids is 1. The summed E-state index contributed by atoms with van der Waals surface area (Å²) in [6, 6.07) is 19.6. The van der Waals surface area contributed by atoms with Gasteiger partial charge in [0.2, 0.25) is 0 Å². The molecule has 4 nitrogen and oxygen atoms in total.